The van der Waals surface area contributed by atoms with Crippen molar-refractivity contribution < 1.29 is 58.4 Å². The van der Waals surface area contributed by atoms with Gasteiger partial charge in [0.2, 0.25) is 11.8 Å². The van der Waals surface area contributed by atoms with Crippen molar-refractivity contribution in [3.05, 3.63) is 77.7 Å². The van der Waals surface area contributed by atoms with Gasteiger partial charge in [-0.3, -0.25) is 19.4 Å². The number of fused-ring (bicyclic) bond motifs is 1. The number of pyridine rings is 1. The van der Waals surface area contributed by atoms with E-state index < -0.39 is 29.0 Å². The van der Waals surface area contributed by atoms with Crippen molar-refractivity contribution in [1.82, 2.24) is 4.98 Å². The number of hydrogen-bond acceptors (Lipinski definition) is 7. The summed E-state index contributed by atoms with van der Waals surface area (Å²) in [6.07, 6.45) is 4.51. The summed E-state index contributed by atoms with van der Waals surface area (Å²) in [4.78, 5) is 41.1. The molecule has 1 aliphatic rings. The molecule has 4 aromatic rings. The van der Waals surface area contributed by atoms with Crippen LogP contribution in [0, 0.1) is 11.2 Å². The van der Waals surface area contributed by atoms with Gasteiger partial charge in [0.15, 0.2) is 11.5 Å². The minimum absolute atomic E-state index is 0. The maximum absolute atomic E-state index is 13.2. The summed E-state index contributed by atoms with van der Waals surface area (Å²) in [6, 6.07) is 15.3. The van der Waals surface area contributed by atoms with E-state index in [9.17, 15) is 18.8 Å². The number of methoxy groups -OCH3 is 1. The molecular formula is C33H32ClFLiN3O7. The number of carbonyl (C=O) groups is 3. The maximum atomic E-state index is 13.2. The van der Waals surface area contributed by atoms with Crippen molar-refractivity contribution in [1.29, 1.82) is 0 Å². The van der Waals surface area contributed by atoms with E-state index in [-0.39, 0.29) is 31.7 Å². The van der Waals surface area contributed by atoms with Crippen molar-refractivity contribution in [2.75, 3.05) is 24.4 Å². The van der Waals surface area contributed by atoms with Crippen molar-refractivity contribution in [3.8, 4) is 23.0 Å². The van der Waals surface area contributed by atoms with Crippen LogP contribution in [0.4, 0.5) is 15.8 Å². The smallest absolute Gasteiger partial charge is 1.00 e. The number of benzene rings is 3. The molecule has 2 amide bonds. The molecule has 1 fully saturated rings. The predicted octanol–water partition coefficient (Wildman–Crippen LogP) is 4.33. The molecule has 0 aliphatic heterocycles. The zero-order chi connectivity index (χ0) is 32.0. The number of carboxylic acids is 1. The largest absolute Gasteiger partial charge is 1.00 e. The topological polar surface area (TPSA) is 136 Å². The third kappa shape index (κ3) is 8.29. The quantitative estimate of drug-likeness (QED) is 0.105. The molecule has 0 spiro atoms. The van der Waals surface area contributed by atoms with Gasteiger partial charge in [-0.2, -0.15) is 0 Å². The molecule has 0 bridgehead atoms. The molecule has 3 N–H and O–H groups in total. The Kier molecular flexibility index (Phi) is 11.5. The molecule has 0 atom stereocenters. The van der Waals surface area contributed by atoms with Crippen molar-refractivity contribution >= 4 is 51.7 Å². The van der Waals surface area contributed by atoms with Crippen LogP contribution in [0.15, 0.2) is 66.9 Å². The Hall–Kier alpha value is -4.30. The molecule has 236 valence electrons. The summed E-state index contributed by atoms with van der Waals surface area (Å²) in [5, 5.41) is 15.1. The zero-order valence-corrected chi connectivity index (χ0v) is 26.2. The van der Waals surface area contributed by atoms with Gasteiger partial charge in [0.05, 0.1) is 24.3 Å². The average molecular weight is 644 g/mol. The number of hydrogen-bond donors (Lipinski definition) is 3. The number of nitrogens with one attached hydrogen (secondary N) is 2. The second-order valence-electron chi connectivity index (χ2n) is 10.6. The number of rotatable bonds is 14. The zero-order valence-electron chi connectivity index (χ0n) is 26.4. The van der Waals surface area contributed by atoms with Crippen LogP contribution in [-0.2, 0) is 14.4 Å². The fourth-order valence-electron chi connectivity index (χ4n) is 4.72. The van der Waals surface area contributed by atoms with Crippen LogP contribution in [0.2, 0.25) is 5.02 Å². The summed E-state index contributed by atoms with van der Waals surface area (Å²) < 4.78 is 30.8. The van der Waals surface area contributed by atoms with Gasteiger partial charge in [0.1, 0.15) is 22.7 Å². The molecule has 13 heteroatoms. The summed E-state index contributed by atoms with van der Waals surface area (Å²) in [5.41, 5.74) is 0.181. The number of carbonyl (C=O) groups excluding carboxylic acids is 2. The van der Waals surface area contributed by atoms with E-state index in [2.05, 4.69) is 15.6 Å². The molecule has 1 aromatic heterocycles. The summed E-state index contributed by atoms with van der Waals surface area (Å²) in [6.45, 7) is 0.399. The van der Waals surface area contributed by atoms with E-state index in [1.807, 2.05) is 0 Å². The molecule has 3 aromatic carbocycles. The fourth-order valence-corrected chi connectivity index (χ4v) is 4.94. The van der Waals surface area contributed by atoms with Gasteiger partial charge >= 0.3 is 24.8 Å². The normalized spacial score (nSPS) is 12.8. The van der Waals surface area contributed by atoms with Crippen LogP contribution >= 0.6 is 11.6 Å². The molecule has 46 heavy (non-hydrogen) atoms. The summed E-state index contributed by atoms with van der Waals surface area (Å²) >= 11 is 6.54. The van der Waals surface area contributed by atoms with Gasteiger partial charge < -0.3 is 31.4 Å². The summed E-state index contributed by atoms with van der Waals surface area (Å²) in [5.74, 6) is -0.373. The number of aliphatic carboxylic acids is 1. The van der Waals surface area contributed by atoms with Crippen LogP contribution in [-0.4, -0.2) is 41.6 Å². The number of ether oxygens (including phenoxy) is 3. The minimum Gasteiger partial charge on any atom is -1.00 e. The van der Waals surface area contributed by atoms with E-state index in [0.29, 0.717) is 77.6 Å². The van der Waals surface area contributed by atoms with Gasteiger partial charge in [0.25, 0.3) is 0 Å². The Labute approximate surface area is 283 Å². The predicted molar refractivity (Wildman–Crippen MR) is 168 cm³/mol. The van der Waals surface area contributed by atoms with Gasteiger partial charge in [-0.15, -0.1) is 0 Å². The maximum Gasteiger partial charge on any atom is 1.00 e. The number of aromatic nitrogens is 1. The summed E-state index contributed by atoms with van der Waals surface area (Å²) in [7, 11) is 1.53. The first-order chi connectivity index (χ1) is 21.7. The number of halogens is 2. The Morgan fingerprint density at radius 2 is 1.61 bits per heavy atom. The van der Waals surface area contributed by atoms with Crippen LogP contribution in [0.25, 0.3) is 10.9 Å². The Bertz CT molecular complexity index is 1740. The third-order valence-electron chi connectivity index (χ3n) is 7.41. The van der Waals surface area contributed by atoms with Crippen molar-refractivity contribution in [3.63, 3.8) is 0 Å². The monoisotopic (exact) mass is 643 g/mol. The molecule has 1 aliphatic carbocycles. The first-order valence-electron chi connectivity index (χ1n) is 14.4. The molecule has 0 unspecified atom stereocenters. The molecule has 1 heterocycles. The molecule has 5 rings (SSSR count). The van der Waals surface area contributed by atoms with Crippen LogP contribution in [0.3, 0.4) is 0 Å². The van der Waals surface area contributed by atoms with Crippen LogP contribution in [0.1, 0.15) is 40.0 Å². The average Bonchev–Trinajstić information content (AvgIpc) is 3.83. The van der Waals surface area contributed by atoms with Gasteiger partial charge in [-0.1, -0.05) is 11.6 Å². The Balaban J connectivity index is 0.00000300. The van der Waals surface area contributed by atoms with E-state index >= 15 is 0 Å². The molecule has 10 nitrogen and oxygen atoms in total. The SMILES string of the molecule is COc1cc2c(Oc3ccc(NC(=O)C4(C(=O)Nc5ccc(F)cc5)CC4)cc3Cl)ccnc2cc1OCCCCCC(=O)O.[H-].[Li+]. The molecular weight excluding hydrogens is 612 g/mol. The first-order valence-corrected chi connectivity index (χ1v) is 14.7. The van der Waals surface area contributed by atoms with Gasteiger partial charge in [-0.05, 0) is 86.7 Å². The fraction of sp³-hybridized carbons (Fsp3) is 0.273. The van der Waals surface area contributed by atoms with E-state index in [4.69, 9.17) is 30.9 Å². The first kappa shape index (κ1) is 34.6. The van der Waals surface area contributed by atoms with E-state index in [1.54, 1.807) is 36.5 Å². The molecule has 0 saturated heterocycles. The number of nitrogens with zero attached hydrogens (tertiary/aromatic N) is 1. The molecule has 0 radical (unpaired) electrons. The van der Waals surface area contributed by atoms with E-state index in [1.165, 1.54) is 37.4 Å². The second-order valence-corrected chi connectivity index (χ2v) is 11.0. The number of amides is 2. The van der Waals surface area contributed by atoms with Crippen molar-refractivity contribution in [2.24, 2.45) is 5.41 Å². The second kappa shape index (κ2) is 15.3. The third-order valence-corrected chi connectivity index (χ3v) is 7.71. The minimum atomic E-state index is -1.21. The van der Waals surface area contributed by atoms with Gasteiger partial charge in [-0.25, -0.2) is 4.39 Å². The van der Waals surface area contributed by atoms with Crippen LogP contribution < -0.4 is 43.7 Å². The van der Waals surface area contributed by atoms with Crippen molar-refractivity contribution in [2.45, 2.75) is 38.5 Å². The van der Waals surface area contributed by atoms with Crippen LogP contribution in [0.5, 0.6) is 23.0 Å². The Morgan fingerprint density at radius 3 is 2.26 bits per heavy atom. The van der Waals surface area contributed by atoms with Gasteiger partial charge in [0, 0.05) is 35.4 Å². The number of carboxylic acid groups (broad SMARTS) is 1. The van der Waals surface area contributed by atoms with E-state index in [0.717, 1.165) is 6.42 Å². The number of anilines is 2. The number of unbranched alkanes of at least 4 members (excludes halogenated alkanes) is 2. The standard InChI is InChI=1S/C33H31ClFN3O7.Li.H/c1-43-28-18-23-25(19-29(28)44-16-4-2-3-5-30(39)40)36-15-12-26(23)45-27-11-10-22(17-24(27)34)38-32(42)33(13-14-33)31(41)37-21-8-6-20(35)7-9-21;;/h6-12,15,17-19H,2-5,13-14,16H2,1H3,(H,37,41)(H,38,42)(H,39,40);;/q;+1;-1. The molecule has 1 saturated carbocycles. The Morgan fingerprint density at radius 1 is 0.913 bits per heavy atom.